The molecule has 1 fully saturated rings. The van der Waals surface area contributed by atoms with Gasteiger partial charge in [0.05, 0.1) is 19.3 Å². The van der Waals surface area contributed by atoms with Crippen molar-refractivity contribution in [2.24, 2.45) is 4.99 Å². The first-order chi connectivity index (χ1) is 11.1. The summed E-state index contributed by atoms with van der Waals surface area (Å²) < 4.78 is 5.94. The average molecular weight is 454 g/mol. The Morgan fingerprint density at radius 3 is 2.42 bits per heavy atom. The van der Waals surface area contributed by atoms with Crippen molar-refractivity contribution in [2.45, 2.75) is 58.0 Å². The highest BCUT2D eigenvalue weighted by molar-refractivity contribution is 14.0. The third-order valence-corrected chi connectivity index (χ3v) is 3.99. The summed E-state index contributed by atoms with van der Waals surface area (Å²) in [6.45, 7) is 4.73. The first-order valence-electron chi connectivity index (χ1n) is 8.97. The quantitative estimate of drug-likeness (QED) is 0.194. The molecule has 1 amide bonds. The van der Waals surface area contributed by atoms with E-state index in [9.17, 15) is 4.79 Å². The second-order valence-electron chi connectivity index (χ2n) is 6.21. The molecule has 0 spiro atoms. The number of amides is 1. The van der Waals surface area contributed by atoms with Gasteiger partial charge in [0.2, 0.25) is 5.91 Å². The minimum Gasteiger partial charge on any atom is -0.376 e. The molecule has 0 atom stereocenters. The van der Waals surface area contributed by atoms with Gasteiger partial charge >= 0.3 is 0 Å². The summed E-state index contributed by atoms with van der Waals surface area (Å²) in [5.74, 6) is 0.869. The number of guanidine groups is 1. The number of aliphatic imine (C=N–C) groups is 1. The van der Waals surface area contributed by atoms with Gasteiger partial charge in [-0.05, 0) is 19.8 Å². The van der Waals surface area contributed by atoms with Gasteiger partial charge in [-0.3, -0.25) is 9.79 Å². The number of nitrogens with zero attached hydrogens (tertiary/aromatic N) is 2. The highest BCUT2D eigenvalue weighted by atomic mass is 127. The van der Waals surface area contributed by atoms with Crippen LogP contribution in [-0.2, 0) is 9.53 Å². The van der Waals surface area contributed by atoms with E-state index in [0.717, 1.165) is 12.5 Å². The van der Waals surface area contributed by atoms with Gasteiger partial charge in [0.1, 0.15) is 0 Å². The number of hydrogen-bond donors (Lipinski definition) is 2. The van der Waals surface area contributed by atoms with E-state index in [1.54, 1.807) is 19.0 Å². The molecule has 0 bridgehead atoms. The predicted molar refractivity (Wildman–Crippen MR) is 110 cm³/mol. The van der Waals surface area contributed by atoms with Crippen LogP contribution in [0.1, 0.15) is 51.9 Å². The molecule has 0 aromatic rings. The van der Waals surface area contributed by atoms with Gasteiger partial charge in [-0.2, -0.15) is 0 Å². The zero-order chi connectivity index (χ0) is 16.9. The van der Waals surface area contributed by atoms with E-state index < -0.39 is 0 Å². The molecule has 0 saturated heterocycles. The van der Waals surface area contributed by atoms with Crippen molar-refractivity contribution in [3.8, 4) is 0 Å². The van der Waals surface area contributed by atoms with Crippen molar-refractivity contribution in [1.82, 2.24) is 15.5 Å². The lowest BCUT2D eigenvalue weighted by Crippen LogP contribution is -2.39. The molecule has 1 aliphatic rings. The second kappa shape index (κ2) is 14.7. The van der Waals surface area contributed by atoms with E-state index >= 15 is 0 Å². The summed E-state index contributed by atoms with van der Waals surface area (Å²) in [7, 11) is 3.54. The minimum absolute atomic E-state index is 0. The second-order valence-corrected chi connectivity index (χ2v) is 6.21. The Morgan fingerprint density at radius 2 is 1.83 bits per heavy atom. The summed E-state index contributed by atoms with van der Waals surface area (Å²) in [5.41, 5.74) is 0. The SMILES string of the molecule is CCNC(=NCCOC1CCCCCC1)NCCC(=O)N(C)C.I. The fourth-order valence-electron chi connectivity index (χ4n) is 2.64. The number of carbonyl (C=O) groups is 1. The first-order valence-corrected chi connectivity index (χ1v) is 8.97. The highest BCUT2D eigenvalue weighted by Gasteiger charge is 2.12. The van der Waals surface area contributed by atoms with Gasteiger partial charge in [-0.25, -0.2) is 0 Å². The Hall–Kier alpha value is -0.570. The molecule has 0 radical (unpaired) electrons. The summed E-state index contributed by atoms with van der Waals surface area (Å²) in [6, 6.07) is 0. The van der Waals surface area contributed by atoms with Crippen molar-refractivity contribution in [1.29, 1.82) is 0 Å². The third kappa shape index (κ3) is 11.1. The predicted octanol–water partition coefficient (Wildman–Crippen LogP) is 2.38. The monoisotopic (exact) mass is 454 g/mol. The molecule has 1 rings (SSSR count). The maximum Gasteiger partial charge on any atom is 0.223 e. The molecule has 6 nitrogen and oxygen atoms in total. The summed E-state index contributed by atoms with van der Waals surface area (Å²) in [5, 5.41) is 6.38. The first kappa shape index (κ1) is 23.4. The molecule has 0 heterocycles. The molecular formula is C17H35IN4O2. The van der Waals surface area contributed by atoms with Crippen molar-refractivity contribution < 1.29 is 9.53 Å². The molecular weight excluding hydrogens is 419 g/mol. The number of rotatable bonds is 8. The Balaban J connectivity index is 0.00000529. The van der Waals surface area contributed by atoms with Gasteiger partial charge in [-0.1, -0.05) is 25.7 Å². The van der Waals surface area contributed by atoms with Gasteiger partial charge < -0.3 is 20.3 Å². The van der Waals surface area contributed by atoms with Crippen LogP contribution >= 0.6 is 24.0 Å². The molecule has 0 aromatic carbocycles. The zero-order valence-electron chi connectivity index (χ0n) is 15.5. The number of hydrogen-bond acceptors (Lipinski definition) is 3. The summed E-state index contributed by atoms with van der Waals surface area (Å²) in [4.78, 5) is 17.7. The maximum absolute atomic E-state index is 11.6. The van der Waals surface area contributed by atoms with Crippen molar-refractivity contribution in [3.63, 3.8) is 0 Å². The minimum atomic E-state index is 0. The number of halogens is 1. The van der Waals surface area contributed by atoms with Gasteiger partial charge in [-0.15, -0.1) is 24.0 Å². The average Bonchev–Trinajstić information content (AvgIpc) is 2.80. The molecule has 7 heteroatoms. The summed E-state index contributed by atoms with van der Waals surface area (Å²) >= 11 is 0. The number of carbonyl (C=O) groups excluding carboxylic acids is 1. The van der Waals surface area contributed by atoms with E-state index in [0.29, 0.717) is 32.2 Å². The van der Waals surface area contributed by atoms with Crippen molar-refractivity contribution in [3.05, 3.63) is 0 Å². The van der Waals surface area contributed by atoms with E-state index in [1.165, 1.54) is 38.5 Å². The normalized spacial score (nSPS) is 16.0. The van der Waals surface area contributed by atoms with Crippen LogP contribution in [0.5, 0.6) is 0 Å². The van der Waals surface area contributed by atoms with E-state index in [-0.39, 0.29) is 29.9 Å². The Kier molecular flexibility index (Phi) is 14.4. The Labute approximate surface area is 164 Å². The van der Waals surface area contributed by atoms with Crippen molar-refractivity contribution in [2.75, 3.05) is 40.3 Å². The van der Waals surface area contributed by atoms with E-state index in [1.807, 2.05) is 6.92 Å². The summed E-state index contributed by atoms with van der Waals surface area (Å²) in [6.07, 6.45) is 8.53. The molecule has 0 unspecified atom stereocenters. The van der Waals surface area contributed by atoms with Crippen molar-refractivity contribution >= 4 is 35.8 Å². The standard InChI is InChI=1S/C17H34N4O2.HI/c1-4-18-17(19-12-11-16(22)21(2)3)20-13-14-23-15-9-7-5-6-8-10-15;/h15H,4-14H2,1-3H3,(H2,18,19,20);1H. The largest absolute Gasteiger partial charge is 0.376 e. The fourth-order valence-corrected chi connectivity index (χ4v) is 2.64. The van der Waals surface area contributed by atoms with Crippen LogP contribution < -0.4 is 10.6 Å². The lowest BCUT2D eigenvalue weighted by Gasteiger charge is -2.15. The Bertz CT molecular complexity index is 356. The van der Waals surface area contributed by atoms with Gasteiger partial charge in [0.15, 0.2) is 5.96 Å². The van der Waals surface area contributed by atoms with Crippen LogP contribution in [0.4, 0.5) is 0 Å². The van der Waals surface area contributed by atoms with Crippen LogP contribution in [0, 0.1) is 0 Å². The van der Waals surface area contributed by atoms with Crippen LogP contribution in [-0.4, -0.2) is 63.2 Å². The molecule has 1 saturated carbocycles. The lowest BCUT2D eigenvalue weighted by atomic mass is 10.1. The highest BCUT2D eigenvalue weighted by Crippen LogP contribution is 2.19. The van der Waals surface area contributed by atoms with E-state index in [4.69, 9.17) is 4.74 Å². The Morgan fingerprint density at radius 1 is 1.17 bits per heavy atom. The van der Waals surface area contributed by atoms with Gasteiger partial charge in [0.25, 0.3) is 0 Å². The van der Waals surface area contributed by atoms with Gasteiger partial charge in [0, 0.05) is 33.6 Å². The number of ether oxygens (including phenoxy) is 1. The molecule has 1 aliphatic carbocycles. The molecule has 0 aromatic heterocycles. The van der Waals surface area contributed by atoms with Crippen LogP contribution in [0.25, 0.3) is 0 Å². The lowest BCUT2D eigenvalue weighted by molar-refractivity contribution is -0.128. The molecule has 24 heavy (non-hydrogen) atoms. The molecule has 142 valence electrons. The fraction of sp³-hybridized carbons (Fsp3) is 0.882. The zero-order valence-corrected chi connectivity index (χ0v) is 17.8. The van der Waals surface area contributed by atoms with Crippen LogP contribution in [0.3, 0.4) is 0 Å². The molecule has 2 N–H and O–H groups in total. The maximum atomic E-state index is 11.6. The smallest absolute Gasteiger partial charge is 0.223 e. The van der Waals surface area contributed by atoms with Crippen LogP contribution in [0.2, 0.25) is 0 Å². The van der Waals surface area contributed by atoms with Crippen LogP contribution in [0.15, 0.2) is 4.99 Å². The molecule has 0 aliphatic heterocycles. The topological polar surface area (TPSA) is 66.0 Å². The van der Waals surface area contributed by atoms with E-state index in [2.05, 4.69) is 15.6 Å². The number of nitrogens with one attached hydrogen (secondary N) is 2. The third-order valence-electron chi connectivity index (χ3n) is 3.99.